The molecule has 0 spiro atoms. The highest BCUT2D eigenvalue weighted by molar-refractivity contribution is 5.78. The summed E-state index contributed by atoms with van der Waals surface area (Å²) in [4.78, 5) is 15.6. The van der Waals surface area contributed by atoms with Gasteiger partial charge in [-0.3, -0.25) is 4.79 Å². The predicted molar refractivity (Wildman–Crippen MR) is 129 cm³/mol. The number of rotatable bonds is 11. The van der Waals surface area contributed by atoms with Gasteiger partial charge in [-0.25, -0.2) is 0 Å². The second-order valence-electron chi connectivity index (χ2n) is 8.15. The zero-order valence-electron chi connectivity index (χ0n) is 19.2. The summed E-state index contributed by atoms with van der Waals surface area (Å²) in [6, 6.07) is 27.8. The molecule has 0 aliphatic carbocycles. The molecule has 35 heavy (non-hydrogen) atoms. The van der Waals surface area contributed by atoms with Crippen LogP contribution >= 0.6 is 0 Å². The van der Waals surface area contributed by atoms with Crippen LogP contribution in [-0.4, -0.2) is 36.9 Å². The second-order valence-corrected chi connectivity index (χ2v) is 8.15. The van der Waals surface area contributed by atoms with Crippen LogP contribution in [0.5, 0.6) is 0 Å². The Hall–Kier alpha value is -3.68. The third kappa shape index (κ3) is 6.91. The quantitative estimate of drug-likeness (QED) is 0.169. The first-order chi connectivity index (χ1) is 17.2. The van der Waals surface area contributed by atoms with Gasteiger partial charge in [0, 0.05) is 4.91 Å². The molecule has 8 heteroatoms. The molecule has 0 radical (unpaired) electrons. The Morgan fingerprint density at radius 2 is 1.23 bits per heavy atom. The van der Waals surface area contributed by atoms with E-state index >= 15 is 0 Å². The SMILES string of the molecule is [N-]=[N+]=N[C@H]1C(=O)O[C@H](COCc2ccccc2)[C@@H](OCc2ccccc2)[C@H]1OCc1ccccc1. The van der Waals surface area contributed by atoms with Crippen LogP contribution in [0.25, 0.3) is 10.4 Å². The molecule has 0 amide bonds. The lowest BCUT2D eigenvalue weighted by molar-refractivity contribution is -0.209. The van der Waals surface area contributed by atoms with E-state index in [1.165, 1.54) is 0 Å². The smallest absolute Gasteiger partial charge is 0.318 e. The van der Waals surface area contributed by atoms with Crippen LogP contribution in [0.4, 0.5) is 0 Å². The fourth-order valence-electron chi connectivity index (χ4n) is 3.90. The zero-order valence-corrected chi connectivity index (χ0v) is 19.2. The number of ether oxygens (including phenoxy) is 4. The maximum atomic E-state index is 12.8. The van der Waals surface area contributed by atoms with E-state index < -0.39 is 30.3 Å². The van der Waals surface area contributed by atoms with E-state index in [0.717, 1.165) is 16.7 Å². The summed E-state index contributed by atoms with van der Waals surface area (Å²) in [7, 11) is 0. The highest BCUT2D eigenvalue weighted by Gasteiger charge is 2.47. The van der Waals surface area contributed by atoms with E-state index in [9.17, 15) is 4.79 Å². The minimum absolute atomic E-state index is 0.105. The Bertz CT molecular complexity index is 1110. The molecule has 1 saturated heterocycles. The molecule has 4 rings (SSSR count). The number of azide groups is 1. The molecule has 0 saturated carbocycles. The summed E-state index contributed by atoms with van der Waals surface area (Å²) >= 11 is 0. The Morgan fingerprint density at radius 1 is 0.743 bits per heavy atom. The van der Waals surface area contributed by atoms with Gasteiger partial charge in [-0.2, -0.15) is 0 Å². The lowest BCUT2D eigenvalue weighted by Crippen LogP contribution is -2.58. The third-order valence-corrected chi connectivity index (χ3v) is 5.65. The lowest BCUT2D eigenvalue weighted by atomic mass is 9.97. The Balaban J connectivity index is 1.53. The van der Waals surface area contributed by atoms with Gasteiger partial charge < -0.3 is 18.9 Å². The van der Waals surface area contributed by atoms with Gasteiger partial charge in [-0.05, 0) is 22.2 Å². The summed E-state index contributed by atoms with van der Waals surface area (Å²) < 4.78 is 23.9. The summed E-state index contributed by atoms with van der Waals surface area (Å²) in [5, 5.41) is 3.69. The normalized spacial score (nSPS) is 21.7. The molecule has 1 aliphatic rings. The summed E-state index contributed by atoms with van der Waals surface area (Å²) in [5.74, 6) is -0.659. The molecule has 0 N–H and O–H groups in total. The number of benzene rings is 3. The molecule has 8 nitrogen and oxygen atoms in total. The lowest BCUT2D eigenvalue weighted by Gasteiger charge is -2.39. The minimum Gasteiger partial charge on any atom is -0.457 e. The topological polar surface area (TPSA) is 103 Å². The molecule has 4 atom stereocenters. The van der Waals surface area contributed by atoms with Crippen molar-refractivity contribution in [2.45, 2.75) is 44.2 Å². The van der Waals surface area contributed by atoms with Crippen molar-refractivity contribution >= 4 is 5.97 Å². The van der Waals surface area contributed by atoms with Crippen molar-refractivity contribution in [3.8, 4) is 0 Å². The van der Waals surface area contributed by atoms with E-state index in [2.05, 4.69) is 10.0 Å². The van der Waals surface area contributed by atoms with Gasteiger partial charge in [0.05, 0.1) is 26.4 Å². The van der Waals surface area contributed by atoms with E-state index in [0.29, 0.717) is 6.61 Å². The Labute approximate surface area is 204 Å². The molecule has 1 aliphatic heterocycles. The van der Waals surface area contributed by atoms with Crippen molar-refractivity contribution in [1.82, 2.24) is 0 Å². The van der Waals surface area contributed by atoms with Gasteiger partial charge in [0.1, 0.15) is 12.2 Å². The van der Waals surface area contributed by atoms with Crippen LogP contribution in [-0.2, 0) is 43.6 Å². The monoisotopic (exact) mass is 473 g/mol. The average Bonchev–Trinajstić information content (AvgIpc) is 2.90. The first-order valence-corrected chi connectivity index (χ1v) is 11.4. The van der Waals surface area contributed by atoms with Gasteiger partial charge in [0.2, 0.25) is 0 Å². The summed E-state index contributed by atoms with van der Waals surface area (Å²) in [5.41, 5.74) is 12.0. The number of carbonyl (C=O) groups is 1. The summed E-state index contributed by atoms with van der Waals surface area (Å²) in [6.45, 7) is 0.954. The molecule has 0 unspecified atom stereocenters. The van der Waals surface area contributed by atoms with Crippen molar-refractivity contribution < 1.29 is 23.7 Å². The minimum atomic E-state index is -1.17. The molecular formula is C27H27N3O5. The van der Waals surface area contributed by atoms with Crippen molar-refractivity contribution in [3.63, 3.8) is 0 Å². The molecule has 0 bridgehead atoms. The Kier molecular flexibility index (Phi) is 8.86. The van der Waals surface area contributed by atoms with Crippen LogP contribution in [0.3, 0.4) is 0 Å². The summed E-state index contributed by atoms with van der Waals surface area (Å²) in [6.07, 6.45) is -2.29. The zero-order chi connectivity index (χ0) is 24.3. The van der Waals surface area contributed by atoms with Crippen molar-refractivity contribution in [1.29, 1.82) is 0 Å². The van der Waals surface area contributed by atoms with Gasteiger partial charge in [-0.15, -0.1) is 0 Å². The fourth-order valence-corrected chi connectivity index (χ4v) is 3.90. The number of esters is 1. The van der Waals surface area contributed by atoms with E-state index in [1.54, 1.807) is 0 Å². The molecular weight excluding hydrogens is 446 g/mol. The molecule has 1 heterocycles. The molecule has 3 aromatic rings. The van der Waals surface area contributed by atoms with Gasteiger partial charge in [0.15, 0.2) is 12.1 Å². The maximum absolute atomic E-state index is 12.8. The number of carbonyl (C=O) groups excluding carboxylic acids is 1. The van der Waals surface area contributed by atoms with E-state index in [1.807, 2.05) is 91.0 Å². The van der Waals surface area contributed by atoms with Crippen LogP contribution in [0, 0.1) is 0 Å². The fraction of sp³-hybridized carbons (Fsp3) is 0.296. The van der Waals surface area contributed by atoms with Crippen LogP contribution in [0.15, 0.2) is 96.1 Å². The maximum Gasteiger partial charge on any atom is 0.318 e. The number of hydrogen-bond donors (Lipinski definition) is 0. The highest BCUT2D eigenvalue weighted by Crippen LogP contribution is 2.27. The van der Waals surface area contributed by atoms with Crippen molar-refractivity contribution in [2.75, 3.05) is 6.61 Å². The number of nitrogens with zero attached hydrogens (tertiary/aromatic N) is 3. The Morgan fingerprint density at radius 3 is 1.74 bits per heavy atom. The highest BCUT2D eigenvalue weighted by atomic mass is 16.6. The average molecular weight is 474 g/mol. The number of hydrogen-bond acceptors (Lipinski definition) is 6. The van der Waals surface area contributed by atoms with Crippen LogP contribution in [0.2, 0.25) is 0 Å². The van der Waals surface area contributed by atoms with Crippen molar-refractivity contribution in [2.24, 2.45) is 5.11 Å². The molecule has 0 aromatic heterocycles. The third-order valence-electron chi connectivity index (χ3n) is 5.65. The predicted octanol–water partition coefficient (Wildman–Crippen LogP) is 4.98. The van der Waals surface area contributed by atoms with Crippen LogP contribution in [0.1, 0.15) is 16.7 Å². The first-order valence-electron chi connectivity index (χ1n) is 11.4. The van der Waals surface area contributed by atoms with Crippen molar-refractivity contribution in [3.05, 3.63) is 118 Å². The van der Waals surface area contributed by atoms with Gasteiger partial charge >= 0.3 is 5.97 Å². The number of cyclic esters (lactones) is 1. The first kappa shape index (κ1) is 24.4. The standard InChI is InChI=1S/C27H27N3O5/c28-30-29-24-26(34-18-22-14-8-3-9-15-22)25(33-17-21-12-6-2-7-13-21)23(35-27(24)31)19-32-16-20-10-4-1-5-11-20/h1-15,23-26H,16-19H2/t23-,24-,25-,26+/m1/s1. The van der Waals surface area contributed by atoms with Crippen LogP contribution < -0.4 is 0 Å². The van der Waals surface area contributed by atoms with E-state index in [4.69, 9.17) is 24.5 Å². The van der Waals surface area contributed by atoms with Gasteiger partial charge in [0.25, 0.3) is 0 Å². The second kappa shape index (κ2) is 12.7. The van der Waals surface area contributed by atoms with E-state index in [-0.39, 0.29) is 19.8 Å². The largest absolute Gasteiger partial charge is 0.457 e. The van der Waals surface area contributed by atoms with Gasteiger partial charge in [-0.1, -0.05) is 96.1 Å². The molecule has 180 valence electrons. The molecule has 1 fully saturated rings. The molecule has 3 aromatic carbocycles.